The van der Waals surface area contributed by atoms with Crippen LogP contribution in [0, 0.1) is 0 Å². The standard InChI is InChI=1S/C15H21ClN2O4/c1-3-4-7-17-12(15(20)21)9-14(19)18-11-8-10(16)5-6-13(11)22-2/h5-6,8,12,17H,3-4,7,9H2,1-2H3,(H,18,19)(H,20,21)/t12-/m0/s1. The molecule has 0 bridgehead atoms. The number of nitrogens with one attached hydrogen (secondary N) is 2. The van der Waals surface area contributed by atoms with Gasteiger partial charge in [0.25, 0.3) is 0 Å². The summed E-state index contributed by atoms with van der Waals surface area (Å²) >= 11 is 5.88. The first-order chi connectivity index (χ1) is 10.5. The number of anilines is 1. The monoisotopic (exact) mass is 328 g/mol. The molecule has 0 spiro atoms. The van der Waals surface area contributed by atoms with E-state index in [4.69, 9.17) is 21.4 Å². The van der Waals surface area contributed by atoms with Gasteiger partial charge in [0, 0.05) is 5.02 Å². The van der Waals surface area contributed by atoms with Crippen molar-refractivity contribution < 1.29 is 19.4 Å². The highest BCUT2D eigenvalue weighted by Crippen LogP contribution is 2.27. The predicted molar refractivity (Wildman–Crippen MR) is 85.6 cm³/mol. The summed E-state index contributed by atoms with van der Waals surface area (Å²) in [6.45, 7) is 2.57. The number of unbranched alkanes of at least 4 members (excludes halogenated alkanes) is 1. The number of hydrogen-bond donors (Lipinski definition) is 3. The summed E-state index contributed by atoms with van der Waals surface area (Å²) in [6.07, 6.45) is 1.63. The molecule has 3 N–H and O–H groups in total. The summed E-state index contributed by atoms with van der Waals surface area (Å²) in [4.78, 5) is 23.2. The van der Waals surface area contributed by atoms with Crippen LogP contribution in [-0.4, -0.2) is 36.7 Å². The van der Waals surface area contributed by atoms with Gasteiger partial charge in [-0.05, 0) is 31.2 Å². The second kappa shape index (κ2) is 9.27. The van der Waals surface area contributed by atoms with Crippen LogP contribution in [0.15, 0.2) is 18.2 Å². The highest BCUT2D eigenvalue weighted by Gasteiger charge is 2.21. The lowest BCUT2D eigenvalue weighted by Crippen LogP contribution is -2.40. The second-order valence-electron chi connectivity index (χ2n) is 4.80. The van der Waals surface area contributed by atoms with Crippen LogP contribution in [0.5, 0.6) is 5.75 Å². The highest BCUT2D eigenvalue weighted by molar-refractivity contribution is 6.31. The average Bonchev–Trinajstić information content (AvgIpc) is 2.46. The van der Waals surface area contributed by atoms with Crippen LogP contribution < -0.4 is 15.4 Å². The number of carboxylic acid groups (broad SMARTS) is 1. The third kappa shape index (κ3) is 5.91. The molecule has 1 aromatic rings. The molecular weight excluding hydrogens is 308 g/mol. The summed E-state index contributed by atoms with van der Waals surface area (Å²) in [5.41, 5.74) is 0.415. The van der Waals surface area contributed by atoms with E-state index < -0.39 is 17.9 Å². The molecule has 0 aliphatic carbocycles. The number of rotatable bonds is 9. The topological polar surface area (TPSA) is 87.7 Å². The van der Waals surface area contributed by atoms with Gasteiger partial charge in [-0.1, -0.05) is 24.9 Å². The molecule has 0 aliphatic heterocycles. The van der Waals surface area contributed by atoms with Gasteiger partial charge < -0.3 is 20.5 Å². The Morgan fingerprint density at radius 1 is 1.41 bits per heavy atom. The molecule has 0 heterocycles. The zero-order valence-corrected chi connectivity index (χ0v) is 13.4. The molecule has 0 unspecified atom stereocenters. The van der Waals surface area contributed by atoms with Crippen LogP contribution in [0.4, 0.5) is 5.69 Å². The lowest BCUT2D eigenvalue weighted by Gasteiger charge is -2.15. The highest BCUT2D eigenvalue weighted by atomic mass is 35.5. The number of methoxy groups -OCH3 is 1. The van der Waals surface area contributed by atoms with Crippen LogP contribution >= 0.6 is 11.6 Å². The van der Waals surface area contributed by atoms with Gasteiger partial charge in [-0.2, -0.15) is 0 Å². The number of aliphatic carboxylic acids is 1. The molecule has 0 aromatic heterocycles. The molecular formula is C15H21ClN2O4. The summed E-state index contributed by atoms with van der Waals surface area (Å²) in [7, 11) is 1.48. The SMILES string of the molecule is CCCCN[C@@H](CC(=O)Nc1cc(Cl)ccc1OC)C(=O)O. The van der Waals surface area contributed by atoms with Crippen molar-refractivity contribution in [2.75, 3.05) is 19.0 Å². The van der Waals surface area contributed by atoms with Crippen molar-refractivity contribution in [3.05, 3.63) is 23.2 Å². The molecule has 0 saturated heterocycles. The van der Waals surface area contributed by atoms with E-state index in [1.165, 1.54) is 7.11 Å². The van der Waals surface area contributed by atoms with Gasteiger partial charge in [0.05, 0.1) is 19.2 Å². The number of carbonyl (C=O) groups is 2. The van der Waals surface area contributed by atoms with Crippen LogP contribution in [0.25, 0.3) is 0 Å². The van der Waals surface area contributed by atoms with E-state index in [9.17, 15) is 9.59 Å². The van der Waals surface area contributed by atoms with Crippen LogP contribution in [0.1, 0.15) is 26.2 Å². The van der Waals surface area contributed by atoms with Gasteiger partial charge in [-0.15, -0.1) is 0 Å². The minimum absolute atomic E-state index is 0.172. The van der Waals surface area contributed by atoms with Crippen molar-refractivity contribution in [2.24, 2.45) is 0 Å². The van der Waals surface area contributed by atoms with Gasteiger partial charge in [0.1, 0.15) is 11.8 Å². The zero-order chi connectivity index (χ0) is 16.5. The largest absolute Gasteiger partial charge is 0.495 e. The molecule has 6 nitrogen and oxygen atoms in total. The second-order valence-corrected chi connectivity index (χ2v) is 5.23. The molecule has 0 fully saturated rings. The van der Waals surface area contributed by atoms with E-state index in [1.807, 2.05) is 6.92 Å². The number of ether oxygens (including phenoxy) is 1. The smallest absolute Gasteiger partial charge is 0.321 e. The van der Waals surface area contributed by atoms with Crippen LogP contribution in [0.3, 0.4) is 0 Å². The Bertz CT molecular complexity index is 522. The minimum atomic E-state index is -1.05. The Morgan fingerprint density at radius 3 is 2.73 bits per heavy atom. The first-order valence-corrected chi connectivity index (χ1v) is 7.45. The van der Waals surface area contributed by atoms with Crippen molar-refractivity contribution in [3.63, 3.8) is 0 Å². The molecule has 1 aromatic carbocycles. The fourth-order valence-electron chi connectivity index (χ4n) is 1.86. The number of hydrogen-bond acceptors (Lipinski definition) is 4. The molecule has 0 radical (unpaired) electrons. The maximum Gasteiger partial charge on any atom is 0.321 e. The molecule has 122 valence electrons. The van der Waals surface area contributed by atoms with Crippen LogP contribution in [-0.2, 0) is 9.59 Å². The molecule has 1 rings (SSSR count). The first-order valence-electron chi connectivity index (χ1n) is 7.07. The van der Waals surface area contributed by atoms with Crippen molar-refractivity contribution in [2.45, 2.75) is 32.2 Å². The van der Waals surface area contributed by atoms with E-state index in [2.05, 4.69) is 10.6 Å². The third-order valence-corrected chi connectivity index (χ3v) is 3.28. The first kappa shape index (κ1) is 18.3. The van der Waals surface area contributed by atoms with Crippen molar-refractivity contribution in [1.82, 2.24) is 5.32 Å². The molecule has 7 heteroatoms. The minimum Gasteiger partial charge on any atom is -0.495 e. The Balaban J connectivity index is 2.67. The number of carbonyl (C=O) groups excluding carboxylic acids is 1. The van der Waals surface area contributed by atoms with Gasteiger partial charge in [0.2, 0.25) is 5.91 Å². The van der Waals surface area contributed by atoms with Crippen molar-refractivity contribution in [1.29, 1.82) is 0 Å². The van der Waals surface area contributed by atoms with Gasteiger partial charge in [0.15, 0.2) is 0 Å². The number of amides is 1. The summed E-state index contributed by atoms with van der Waals surface area (Å²) in [5.74, 6) is -1.01. The Kier molecular flexibility index (Phi) is 7.70. The third-order valence-electron chi connectivity index (χ3n) is 3.04. The fraction of sp³-hybridized carbons (Fsp3) is 0.467. The lowest BCUT2D eigenvalue weighted by molar-refractivity contribution is -0.141. The predicted octanol–water partition coefficient (Wildman–Crippen LogP) is 2.52. The molecule has 0 aliphatic rings. The molecule has 0 saturated carbocycles. The fourth-order valence-corrected chi connectivity index (χ4v) is 2.04. The Labute approximate surface area is 134 Å². The van der Waals surface area contributed by atoms with E-state index in [1.54, 1.807) is 18.2 Å². The van der Waals surface area contributed by atoms with Gasteiger partial charge in [-0.25, -0.2) is 0 Å². The summed E-state index contributed by atoms with van der Waals surface area (Å²) in [6, 6.07) is 3.91. The van der Waals surface area contributed by atoms with Crippen LogP contribution in [0.2, 0.25) is 5.02 Å². The quantitative estimate of drug-likeness (QED) is 0.606. The van der Waals surface area contributed by atoms with E-state index in [0.29, 0.717) is 23.0 Å². The number of benzene rings is 1. The van der Waals surface area contributed by atoms with Crippen molar-refractivity contribution >= 4 is 29.2 Å². The maximum atomic E-state index is 12.0. The molecule has 1 amide bonds. The van der Waals surface area contributed by atoms with E-state index >= 15 is 0 Å². The average molecular weight is 329 g/mol. The zero-order valence-electron chi connectivity index (χ0n) is 12.7. The van der Waals surface area contributed by atoms with Crippen molar-refractivity contribution in [3.8, 4) is 5.75 Å². The number of halogens is 1. The Hall–Kier alpha value is -1.79. The summed E-state index contributed by atoms with van der Waals surface area (Å²) in [5, 5.41) is 15.1. The summed E-state index contributed by atoms with van der Waals surface area (Å²) < 4.78 is 5.13. The molecule has 22 heavy (non-hydrogen) atoms. The normalized spacial score (nSPS) is 11.8. The van der Waals surface area contributed by atoms with Gasteiger partial charge >= 0.3 is 5.97 Å². The number of carboxylic acids is 1. The van der Waals surface area contributed by atoms with E-state index in [-0.39, 0.29) is 6.42 Å². The maximum absolute atomic E-state index is 12.0. The molecule has 1 atom stereocenters. The Morgan fingerprint density at radius 2 is 2.14 bits per heavy atom. The van der Waals surface area contributed by atoms with Gasteiger partial charge in [-0.3, -0.25) is 9.59 Å². The lowest BCUT2D eigenvalue weighted by atomic mass is 10.2. The van der Waals surface area contributed by atoms with E-state index in [0.717, 1.165) is 12.8 Å².